The molecule has 3 N–H and O–H groups in total. The highest BCUT2D eigenvalue weighted by Crippen LogP contribution is 2.26. The van der Waals surface area contributed by atoms with Crippen molar-refractivity contribution in [3.05, 3.63) is 22.7 Å². The maximum absolute atomic E-state index is 5.98. The van der Waals surface area contributed by atoms with Crippen LogP contribution in [0.5, 0.6) is 0 Å². The molecule has 90 valence electrons. The quantitative estimate of drug-likeness (QED) is 0.601. The molecule has 0 radical (unpaired) electrons. The van der Waals surface area contributed by atoms with E-state index >= 15 is 0 Å². The summed E-state index contributed by atoms with van der Waals surface area (Å²) in [7, 11) is 0. The predicted molar refractivity (Wildman–Crippen MR) is 73.2 cm³/mol. The lowest BCUT2D eigenvalue weighted by Crippen LogP contribution is -2.05. The number of rotatable bonds is 5. The molecule has 1 rings (SSSR count). The van der Waals surface area contributed by atoms with Gasteiger partial charge in [-0.15, -0.1) is 0 Å². The number of hydrogen-bond acceptors (Lipinski definition) is 2. The Kier molecular flexibility index (Phi) is 4.94. The Balaban J connectivity index is 2.51. The molecule has 0 amide bonds. The highest BCUT2D eigenvalue weighted by Gasteiger charge is 2.03. The molecule has 0 aliphatic rings. The topological polar surface area (TPSA) is 38.0 Å². The van der Waals surface area contributed by atoms with Crippen LogP contribution in [-0.2, 0) is 0 Å². The molecule has 0 atom stereocenters. The summed E-state index contributed by atoms with van der Waals surface area (Å²) in [6, 6.07) is 3.81. The van der Waals surface area contributed by atoms with E-state index in [1.165, 1.54) is 12.8 Å². The van der Waals surface area contributed by atoms with Gasteiger partial charge in [-0.1, -0.05) is 25.4 Å². The summed E-state index contributed by atoms with van der Waals surface area (Å²) in [5.74, 6) is 0.762. The van der Waals surface area contributed by atoms with Crippen LogP contribution >= 0.6 is 11.6 Å². The first-order valence-electron chi connectivity index (χ1n) is 5.80. The molecule has 0 heterocycles. The molecule has 0 saturated carbocycles. The fourth-order valence-corrected chi connectivity index (χ4v) is 1.79. The standard InChI is InChI=1S/C13H21ClN2/c1-9(2)5-4-6-16-13-8-11(14)12(15)7-10(13)3/h7-9,16H,4-6,15H2,1-3H3. The van der Waals surface area contributed by atoms with E-state index in [9.17, 15) is 0 Å². The molecule has 0 unspecified atom stereocenters. The van der Waals surface area contributed by atoms with Crippen LogP contribution in [0.4, 0.5) is 11.4 Å². The summed E-state index contributed by atoms with van der Waals surface area (Å²) in [4.78, 5) is 0. The van der Waals surface area contributed by atoms with Crippen LogP contribution in [-0.4, -0.2) is 6.54 Å². The van der Waals surface area contributed by atoms with Gasteiger partial charge >= 0.3 is 0 Å². The van der Waals surface area contributed by atoms with E-state index in [1.54, 1.807) is 0 Å². The maximum atomic E-state index is 5.98. The number of halogens is 1. The van der Waals surface area contributed by atoms with Gasteiger partial charge < -0.3 is 11.1 Å². The van der Waals surface area contributed by atoms with Crippen molar-refractivity contribution < 1.29 is 0 Å². The lowest BCUT2D eigenvalue weighted by atomic mass is 10.1. The molecule has 0 aliphatic carbocycles. The Morgan fingerprint density at radius 1 is 1.38 bits per heavy atom. The Hall–Kier alpha value is -0.890. The van der Waals surface area contributed by atoms with Crippen molar-refractivity contribution in [1.82, 2.24) is 0 Å². The lowest BCUT2D eigenvalue weighted by Gasteiger charge is -2.12. The second kappa shape index (κ2) is 6.00. The van der Waals surface area contributed by atoms with Gasteiger partial charge in [-0.05, 0) is 43.4 Å². The third-order valence-electron chi connectivity index (χ3n) is 2.62. The van der Waals surface area contributed by atoms with Crippen LogP contribution in [0, 0.1) is 12.8 Å². The minimum absolute atomic E-state index is 0.622. The number of hydrogen-bond donors (Lipinski definition) is 2. The zero-order valence-corrected chi connectivity index (χ0v) is 11.1. The fourth-order valence-electron chi connectivity index (χ4n) is 1.63. The van der Waals surface area contributed by atoms with Gasteiger partial charge in [0, 0.05) is 12.2 Å². The van der Waals surface area contributed by atoms with E-state index in [4.69, 9.17) is 17.3 Å². The van der Waals surface area contributed by atoms with Crippen molar-refractivity contribution >= 4 is 23.0 Å². The predicted octanol–water partition coefficient (Wildman–Crippen LogP) is 4.08. The van der Waals surface area contributed by atoms with Crippen LogP contribution in [0.2, 0.25) is 5.02 Å². The van der Waals surface area contributed by atoms with Crippen molar-refractivity contribution in [2.75, 3.05) is 17.6 Å². The second-order valence-corrected chi connectivity index (χ2v) is 5.06. The third-order valence-corrected chi connectivity index (χ3v) is 2.94. The van der Waals surface area contributed by atoms with Crippen molar-refractivity contribution in [3.8, 4) is 0 Å². The largest absolute Gasteiger partial charge is 0.398 e. The van der Waals surface area contributed by atoms with Crippen molar-refractivity contribution in [2.45, 2.75) is 33.6 Å². The Labute approximate surface area is 103 Å². The molecule has 1 aromatic carbocycles. The number of aryl methyl sites for hydroxylation is 1. The third kappa shape index (κ3) is 3.93. The number of anilines is 2. The molecule has 3 heteroatoms. The van der Waals surface area contributed by atoms with Gasteiger partial charge in [0.1, 0.15) is 0 Å². The number of nitrogens with two attached hydrogens (primary N) is 1. The Morgan fingerprint density at radius 3 is 2.69 bits per heavy atom. The summed E-state index contributed by atoms with van der Waals surface area (Å²) in [6.45, 7) is 7.51. The smallest absolute Gasteiger partial charge is 0.0656 e. The van der Waals surface area contributed by atoms with Crippen LogP contribution in [0.3, 0.4) is 0 Å². The molecule has 0 bridgehead atoms. The highest BCUT2D eigenvalue weighted by atomic mass is 35.5. The molecular weight excluding hydrogens is 220 g/mol. The van der Waals surface area contributed by atoms with Crippen molar-refractivity contribution in [1.29, 1.82) is 0 Å². The fraction of sp³-hybridized carbons (Fsp3) is 0.538. The first-order chi connectivity index (χ1) is 7.50. The SMILES string of the molecule is Cc1cc(N)c(Cl)cc1NCCCC(C)C. The van der Waals surface area contributed by atoms with Crippen LogP contribution < -0.4 is 11.1 Å². The van der Waals surface area contributed by atoms with Gasteiger partial charge in [-0.25, -0.2) is 0 Å². The average molecular weight is 241 g/mol. The van der Waals surface area contributed by atoms with Gasteiger partial charge in [-0.2, -0.15) is 0 Å². The van der Waals surface area contributed by atoms with E-state index in [-0.39, 0.29) is 0 Å². The first kappa shape index (κ1) is 13.2. The van der Waals surface area contributed by atoms with Gasteiger partial charge in [0.2, 0.25) is 0 Å². The minimum Gasteiger partial charge on any atom is -0.398 e. The number of nitrogen functional groups attached to an aromatic ring is 1. The second-order valence-electron chi connectivity index (χ2n) is 4.65. The van der Waals surface area contributed by atoms with Crippen molar-refractivity contribution in [3.63, 3.8) is 0 Å². The monoisotopic (exact) mass is 240 g/mol. The number of nitrogens with one attached hydrogen (secondary N) is 1. The van der Waals surface area contributed by atoms with E-state index in [0.29, 0.717) is 10.7 Å². The average Bonchev–Trinajstić information content (AvgIpc) is 2.19. The summed E-state index contributed by atoms with van der Waals surface area (Å²) in [5.41, 5.74) is 8.60. The molecular formula is C13H21ClN2. The molecule has 1 aromatic rings. The molecule has 0 saturated heterocycles. The van der Waals surface area contributed by atoms with Crippen molar-refractivity contribution in [2.24, 2.45) is 5.92 Å². The van der Waals surface area contributed by atoms with Crippen LogP contribution in [0.1, 0.15) is 32.3 Å². The zero-order chi connectivity index (χ0) is 12.1. The van der Waals surface area contributed by atoms with E-state index in [0.717, 1.165) is 23.7 Å². The molecule has 0 aromatic heterocycles. The first-order valence-corrected chi connectivity index (χ1v) is 6.18. The van der Waals surface area contributed by atoms with E-state index in [1.807, 2.05) is 19.1 Å². The molecule has 16 heavy (non-hydrogen) atoms. The van der Waals surface area contributed by atoms with Gasteiger partial charge in [0.15, 0.2) is 0 Å². The molecule has 0 fully saturated rings. The minimum atomic E-state index is 0.622. The summed E-state index contributed by atoms with van der Waals surface area (Å²) >= 11 is 5.98. The van der Waals surface area contributed by atoms with E-state index < -0.39 is 0 Å². The maximum Gasteiger partial charge on any atom is 0.0656 e. The summed E-state index contributed by atoms with van der Waals surface area (Å²) in [6.07, 6.45) is 2.42. The summed E-state index contributed by atoms with van der Waals surface area (Å²) in [5, 5.41) is 4.02. The van der Waals surface area contributed by atoms with E-state index in [2.05, 4.69) is 19.2 Å². The Morgan fingerprint density at radius 2 is 2.06 bits per heavy atom. The van der Waals surface area contributed by atoms with Crippen LogP contribution in [0.25, 0.3) is 0 Å². The zero-order valence-electron chi connectivity index (χ0n) is 10.3. The lowest BCUT2D eigenvalue weighted by molar-refractivity contribution is 0.567. The summed E-state index contributed by atoms with van der Waals surface area (Å²) < 4.78 is 0. The Bertz CT molecular complexity index is 348. The number of benzene rings is 1. The van der Waals surface area contributed by atoms with Gasteiger partial charge in [0.05, 0.1) is 10.7 Å². The molecule has 0 spiro atoms. The molecule has 2 nitrogen and oxygen atoms in total. The van der Waals surface area contributed by atoms with Gasteiger partial charge in [0.25, 0.3) is 0 Å². The van der Waals surface area contributed by atoms with Gasteiger partial charge in [-0.3, -0.25) is 0 Å². The van der Waals surface area contributed by atoms with Crippen LogP contribution in [0.15, 0.2) is 12.1 Å². The molecule has 0 aliphatic heterocycles. The normalized spacial score (nSPS) is 10.8. The highest BCUT2D eigenvalue weighted by molar-refractivity contribution is 6.33.